The molecular formula is C6H14O3S2. The van der Waals surface area contributed by atoms with Crippen molar-refractivity contribution in [2.75, 3.05) is 24.0 Å². The Kier molecular flexibility index (Phi) is 4.92. The van der Waals surface area contributed by atoms with Crippen LogP contribution in [0.15, 0.2) is 0 Å². The minimum Gasteiger partial charge on any atom is -0.260 e. The van der Waals surface area contributed by atoms with E-state index in [4.69, 9.17) is 0 Å². The third-order valence-electron chi connectivity index (χ3n) is 0.994. The van der Waals surface area contributed by atoms with Crippen molar-refractivity contribution in [2.45, 2.75) is 12.8 Å². The summed E-state index contributed by atoms with van der Waals surface area (Å²) in [5.41, 5.74) is 0. The predicted octanol–water partition coefficient (Wildman–Crippen LogP) is 0.190. The number of rotatable bonds is 0. The van der Waals surface area contributed by atoms with Crippen molar-refractivity contribution in [3.8, 4) is 0 Å². The Morgan fingerprint density at radius 3 is 1.45 bits per heavy atom. The molecular weight excluding hydrogens is 184 g/mol. The first-order valence-corrected chi connectivity index (χ1v) is 7.18. The van der Waals surface area contributed by atoms with E-state index in [9.17, 15) is 12.6 Å². The van der Waals surface area contributed by atoms with Gasteiger partial charge in [-0.3, -0.25) is 4.21 Å². The van der Waals surface area contributed by atoms with Gasteiger partial charge >= 0.3 is 0 Å². The molecule has 1 aliphatic heterocycles. The summed E-state index contributed by atoms with van der Waals surface area (Å²) >= 11 is 0. The van der Waals surface area contributed by atoms with E-state index in [1.54, 1.807) is 0 Å². The van der Waals surface area contributed by atoms with E-state index in [0.717, 1.165) is 24.0 Å². The van der Waals surface area contributed by atoms with Crippen molar-refractivity contribution >= 4 is 20.6 Å². The molecule has 0 aliphatic carbocycles. The SMILES string of the molecule is CS(C)(=O)=O.O=S1CCCC1. The second-order valence-corrected chi connectivity index (χ2v) is 6.68. The molecule has 1 rings (SSSR count). The molecule has 0 spiro atoms. The van der Waals surface area contributed by atoms with Crippen LogP contribution in [0.3, 0.4) is 0 Å². The quantitative estimate of drug-likeness (QED) is 0.558. The lowest BCUT2D eigenvalue weighted by molar-refractivity contribution is 0.607. The second-order valence-electron chi connectivity index (χ2n) is 2.70. The van der Waals surface area contributed by atoms with Gasteiger partial charge < -0.3 is 0 Å². The summed E-state index contributed by atoms with van der Waals surface area (Å²) in [6, 6.07) is 0. The van der Waals surface area contributed by atoms with E-state index in [0.29, 0.717) is 0 Å². The molecule has 5 heteroatoms. The molecule has 0 unspecified atom stereocenters. The highest BCUT2D eigenvalue weighted by Crippen LogP contribution is 2.03. The fourth-order valence-corrected chi connectivity index (χ4v) is 1.88. The van der Waals surface area contributed by atoms with E-state index in [1.165, 1.54) is 12.8 Å². The van der Waals surface area contributed by atoms with Crippen molar-refractivity contribution in [2.24, 2.45) is 0 Å². The number of hydrogen-bond acceptors (Lipinski definition) is 3. The highest BCUT2D eigenvalue weighted by atomic mass is 32.2. The number of sulfone groups is 1. The summed E-state index contributed by atoms with van der Waals surface area (Å²) in [6.45, 7) is 0. The molecule has 0 saturated carbocycles. The Morgan fingerprint density at radius 1 is 1.09 bits per heavy atom. The molecule has 0 N–H and O–H groups in total. The van der Waals surface area contributed by atoms with Crippen molar-refractivity contribution in [3.05, 3.63) is 0 Å². The van der Waals surface area contributed by atoms with Crippen LogP contribution in [-0.4, -0.2) is 36.6 Å². The molecule has 0 bridgehead atoms. The molecule has 0 amide bonds. The van der Waals surface area contributed by atoms with Crippen LogP contribution in [-0.2, 0) is 20.6 Å². The maximum Gasteiger partial charge on any atom is 0.144 e. The first-order valence-electron chi connectivity index (χ1n) is 3.39. The first-order chi connectivity index (χ1) is 4.89. The van der Waals surface area contributed by atoms with Crippen LogP contribution in [0, 0.1) is 0 Å². The van der Waals surface area contributed by atoms with Gasteiger partial charge in [0.15, 0.2) is 0 Å². The van der Waals surface area contributed by atoms with Crippen LogP contribution in [0.2, 0.25) is 0 Å². The maximum atomic E-state index is 10.4. The molecule has 0 radical (unpaired) electrons. The zero-order chi connectivity index (χ0) is 8.91. The Morgan fingerprint density at radius 2 is 1.36 bits per heavy atom. The van der Waals surface area contributed by atoms with Gasteiger partial charge in [-0.1, -0.05) is 0 Å². The third-order valence-corrected chi connectivity index (χ3v) is 2.48. The summed E-state index contributed by atoms with van der Waals surface area (Å²) in [4.78, 5) is 0. The summed E-state index contributed by atoms with van der Waals surface area (Å²) in [5, 5.41) is 0. The van der Waals surface area contributed by atoms with Crippen LogP contribution in [0.4, 0.5) is 0 Å². The average molecular weight is 198 g/mol. The topological polar surface area (TPSA) is 51.2 Å². The Bertz CT molecular complexity index is 202. The van der Waals surface area contributed by atoms with Gasteiger partial charge in [0.05, 0.1) is 0 Å². The fourth-order valence-electron chi connectivity index (χ4n) is 0.628. The zero-order valence-electron chi connectivity index (χ0n) is 6.87. The van der Waals surface area contributed by atoms with Gasteiger partial charge in [0.2, 0.25) is 0 Å². The van der Waals surface area contributed by atoms with Gasteiger partial charge in [-0.05, 0) is 12.8 Å². The number of hydrogen-bond donors (Lipinski definition) is 0. The first kappa shape index (κ1) is 11.1. The molecule has 0 atom stereocenters. The van der Waals surface area contributed by atoms with Gasteiger partial charge in [0.1, 0.15) is 9.84 Å². The molecule has 68 valence electrons. The van der Waals surface area contributed by atoms with Crippen molar-refractivity contribution < 1.29 is 12.6 Å². The molecule has 1 fully saturated rings. The van der Waals surface area contributed by atoms with Crippen molar-refractivity contribution in [3.63, 3.8) is 0 Å². The predicted molar refractivity (Wildman–Crippen MR) is 47.9 cm³/mol. The summed E-state index contributed by atoms with van der Waals surface area (Å²) < 4.78 is 29.6. The molecule has 1 heterocycles. The van der Waals surface area contributed by atoms with Crippen LogP contribution in [0.5, 0.6) is 0 Å². The fraction of sp³-hybridized carbons (Fsp3) is 1.00. The van der Waals surface area contributed by atoms with Gasteiger partial charge in [-0.15, -0.1) is 0 Å². The molecule has 3 nitrogen and oxygen atoms in total. The van der Waals surface area contributed by atoms with Crippen LogP contribution < -0.4 is 0 Å². The average Bonchev–Trinajstić information content (AvgIpc) is 2.12. The van der Waals surface area contributed by atoms with E-state index in [-0.39, 0.29) is 0 Å². The lowest BCUT2D eigenvalue weighted by Crippen LogP contribution is -1.86. The van der Waals surface area contributed by atoms with Crippen LogP contribution >= 0.6 is 0 Å². The molecule has 0 aromatic heterocycles. The molecule has 1 aliphatic rings. The van der Waals surface area contributed by atoms with E-state index >= 15 is 0 Å². The smallest absolute Gasteiger partial charge is 0.144 e. The van der Waals surface area contributed by atoms with Gasteiger partial charge in [0.25, 0.3) is 0 Å². The van der Waals surface area contributed by atoms with Crippen molar-refractivity contribution in [1.82, 2.24) is 0 Å². The molecule has 0 aromatic rings. The van der Waals surface area contributed by atoms with E-state index in [1.807, 2.05) is 0 Å². The Balaban J connectivity index is 0.000000187. The van der Waals surface area contributed by atoms with E-state index < -0.39 is 20.6 Å². The lowest BCUT2D eigenvalue weighted by atomic mass is 10.4. The summed E-state index contributed by atoms with van der Waals surface area (Å²) in [6.07, 6.45) is 4.69. The van der Waals surface area contributed by atoms with Crippen molar-refractivity contribution in [1.29, 1.82) is 0 Å². The third kappa shape index (κ3) is 13.1. The van der Waals surface area contributed by atoms with Crippen LogP contribution in [0.25, 0.3) is 0 Å². The largest absolute Gasteiger partial charge is 0.260 e. The summed E-state index contributed by atoms with van der Waals surface area (Å²) in [5.74, 6) is 1.92. The monoisotopic (exact) mass is 198 g/mol. The second kappa shape index (κ2) is 4.87. The lowest BCUT2D eigenvalue weighted by Gasteiger charge is -1.74. The minimum absolute atomic E-state index is 0.423. The Hall–Kier alpha value is 0.1000. The molecule has 1 saturated heterocycles. The van der Waals surface area contributed by atoms with Gasteiger partial charge in [0, 0.05) is 34.8 Å². The van der Waals surface area contributed by atoms with Gasteiger partial charge in [-0.2, -0.15) is 0 Å². The van der Waals surface area contributed by atoms with E-state index in [2.05, 4.69) is 0 Å². The Labute approximate surface area is 70.6 Å². The normalized spacial score (nSPS) is 19.1. The minimum atomic E-state index is -2.67. The van der Waals surface area contributed by atoms with Gasteiger partial charge in [-0.25, -0.2) is 8.42 Å². The zero-order valence-corrected chi connectivity index (χ0v) is 8.50. The summed E-state index contributed by atoms with van der Waals surface area (Å²) in [7, 11) is -3.09. The standard InChI is InChI=1S/C4H8OS.C2H6O2S/c5-6-3-1-2-4-6;1-5(2,3)4/h1-4H2;1-2H3. The molecule has 0 aromatic carbocycles. The van der Waals surface area contributed by atoms with Crippen LogP contribution in [0.1, 0.15) is 12.8 Å². The highest BCUT2D eigenvalue weighted by Gasteiger charge is 2.05. The maximum absolute atomic E-state index is 10.4. The molecule has 11 heavy (non-hydrogen) atoms. The highest BCUT2D eigenvalue weighted by molar-refractivity contribution is 7.89.